The second kappa shape index (κ2) is 10.3. The molecule has 164 valence electrons. The zero-order chi connectivity index (χ0) is 22.4. The highest BCUT2D eigenvalue weighted by atomic mass is 35.5. The number of aromatic nitrogens is 6. The fourth-order valence-corrected chi connectivity index (χ4v) is 3.33. The number of carbonyl (C=O) groups excluding carboxylic acids is 1. The van der Waals surface area contributed by atoms with E-state index in [9.17, 15) is 4.79 Å². The lowest BCUT2D eigenvalue weighted by Gasteiger charge is -2.25. The summed E-state index contributed by atoms with van der Waals surface area (Å²) in [7, 11) is 0. The van der Waals surface area contributed by atoms with E-state index in [4.69, 9.17) is 16.0 Å². The van der Waals surface area contributed by atoms with Gasteiger partial charge in [-0.3, -0.25) is 4.79 Å². The Morgan fingerprint density at radius 3 is 2.71 bits per heavy atom. The first-order valence-corrected chi connectivity index (χ1v) is 10.5. The monoisotopic (exact) mass is 443 g/mol. The summed E-state index contributed by atoms with van der Waals surface area (Å²) in [5.74, 6) is 1.67. The number of hydrogen-bond acceptors (Lipinski definition) is 7. The number of aryl methyl sites for hydroxylation is 3. The first kappa shape index (κ1) is 22.6. The molecule has 31 heavy (non-hydrogen) atoms. The van der Waals surface area contributed by atoms with E-state index in [1.165, 1.54) is 4.80 Å². The van der Waals surface area contributed by atoms with Gasteiger partial charge in [0, 0.05) is 37.0 Å². The zero-order valence-corrected chi connectivity index (χ0v) is 18.9. The Hall–Kier alpha value is -3.07. The summed E-state index contributed by atoms with van der Waals surface area (Å²) < 4.78 is 5.40. The Bertz CT molecular complexity index is 1060. The minimum Gasteiger partial charge on any atom is -0.426 e. The first-order valence-electron chi connectivity index (χ1n) is 10.1. The van der Waals surface area contributed by atoms with Crippen molar-refractivity contribution in [1.29, 1.82) is 0 Å². The van der Waals surface area contributed by atoms with Gasteiger partial charge in [0.15, 0.2) is 5.82 Å². The summed E-state index contributed by atoms with van der Waals surface area (Å²) in [6.07, 6.45) is 4.76. The number of halogens is 1. The molecular weight excluding hydrogens is 418 g/mol. The smallest absolute Gasteiger partial charge is 0.246 e. The largest absolute Gasteiger partial charge is 0.426 e. The molecule has 2 aromatic heterocycles. The van der Waals surface area contributed by atoms with Gasteiger partial charge in [-0.2, -0.15) is 4.80 Å². The number of nitrogens with zero attached hydrogens (tertiary/aromatic N) is 7. The van der Waals surface area contributed by atoms with Crippen molar-refractivity contribution in [3.63, 3.8) is 0 Å². The van der Waals surface area contributed by atoms with Crippen LogP contribution in [0.5, 0.6) is 0 Å². The van der Waals surface area contributed by atoms with E-state index in [1.807, 2.05) is 30.9 Å². The normalized spacial score (nSPS) is 11.5. The van der Waals surface area contributed by atoms with Crippen molar-refractivity contribution in [3.05, 3.63) is 58.0 Å². The number of amides is 1. The van der Waals surface area contributed by atoms with E-state index in [-0.39, 0.29) is 11.9 Å². The van der Waals surface area contributed by atoms with Crippen molar-refractivity contribution < 1.29 is 9.21 Å². The van der Waals surface area contributed by atoms with Crippen LogP contribution in [0.2, 0.25) is 5.02 Å². The fourth-order valence-electron chi connectivity index (χ4n) is 3.14. The highest BCUT2D eigenvalue weighted by Crippen LogP contribution is 2.19. The molecule has 0 N–H and O–H groups in total. The minimum absolute atomic E-state index is 0.0627. The Labute approximate surface area is 186 Å². The first-order chi connectivity index (χ1) is 14.8. The third kappa shape index (κ3) is 6.45. The van der Waals surface area contributed by atoms with E-state index in [0.717, 1.165) is 17.5 Å². The molecule has 0 aliphatic heterocycles. The van der Waals surface area contributed by atoms with Crippen LogP contribution in [0.25, 0.3) is 6.08 Å². The van der Waals surface area contributed by atoms with Gasteiger partial charge in [-0.25, -0.2) is 0 Å². The number of benzene rings is 1. The van der Waals surface area contributed by atoms with Crippen molar-refractivity contribution in [2.75, 3.05) is 6.54 Å². The Morgan fingerprint density at radius 2 is 2.06 bits per heavy atom. The molecule has 1 aromatic carbocycles. The fraction of sp³-hybridized carbons (Fsp3) is 0.429. The molecule has 0 aliphatic carbocycles. The Morgan fingerprint density at radius 1 is 1.26 bits per heavy atom. The van der Waals surface area contributed by atoms with Gasteiger partial charge in [-0.05, 0) is 61.7 Å². The van der Waals surface area contributed by atoms with Gasteiger partial charge in [-0.1, -0.05) is 17.7 Å². The van der Waals surface area contributed by atoms with E-state index < -0.39 is 0 Å². The van der Waals surface area contributed by atoms with Crippen LogP contribution < -0.4 is 0 Å². The van der Waals surface area contributed by atoms with Crippen LogP contribution in [0, 0.1) is 13.8 Å². The number of rotatable bonds is 9. The number of hydrogen-bond donors (Lipinski definition) is 0. The number of tetrazole rings is 1. The van der Waals surface area contributed by atoms with E-state index in [1.54, 1.807) is 32.1 Å². The SMILES string of the molecule is Cc1nnn(Cc2cc(Cl)ccc2C=CC(=O)N(CCCc2nnc(C)o2)C(C)C)n1. The molecule has 1 amide bonds. The lowest BCUT2D eigenvalue weighted by atomic mass is 10.1. The summed E-state index contributed by atoms with van der Waals surface area (Å²) in [4.78, 5) is 16.2. The van der Waals surface area contributed by atoms with Crippen molar-refractivity contribution in [1.82, 2.24) is 35.3 Å². The molecule has 3 aromatic rings. The molecule has 0 fully saturated rings. The van der Waals surface area contributed by atoms with Gasteiger partial charge in [-0.15, -0.1) is 20.4 Å². The van der Waals surface area contributed by atoms with Crippen LogP contribution in [0.4, 0.5) is 0 Å². The molecule has 0 bridgehead atoms. The average Bonchev–Trinajstić information content (AvgIpc) is 3.31. The third-order valence-electron chi connectivity index (χ3n) is 4.64. The second-order valence-electron chi connectivity index (χ2n) is 7.49. The van der Waals surface area contributed by atoms with Crippen molar-refractivity contribution in [2.45, 2.75) is 53.1 Å². The molecule has 0 aliphatic rings. The molecule has 0 unspecified atom stereocenters. The van der Waals surface area contributed by atoms with Gasteiger partial charge in [0.05, 0.1) is 6.54 Å². The molecule has 9 nitrogen and oxygen atoms in total. The van der Waals surface area contributed by atoms with Crippen LogP contribution in [0.3, 0.4) is 0 Å². The van der Waals surface area contributed by atoms with Gasteiger partial charge in [0.1, 0.15) is 0 Å². The second-order valence-corrected chi connectivity index (χ2v) is 7.92. The van der Waals surface area contributed by atoms with Crippen molar-refractivity contribution in [3.8, 4) is 0 Å². The van der Waals surface area contributed by atoms with Gasteiger partial charge in [0.2, 0.25) is 17.7 Å². The maximum atomic E-state index is 12.9. The highest BCUT2D eigenvalue weighted by molar-refractivity contribution is 6.30. The predicted molar refractivity (Wildman–Crippen MR) is 116 cm³/mol. The predicted octanol–water partition coefficient (Wildman–Crippen LogP) is 3.26. The van der Waals surface area contributed by atoms with Crippen LogP contribution in [0.1, 0.15) is 49.0 Å². The summed E-state index contributed by atoms with van der Waals surface area (Å²) in [6.45, 7) is 8.53. The quantitative estimate of drug-likeness (QED) is 0.467. The van der Waals surface area contributed by atoms with Crippen LogP contribution in [-0.4, -0.2) is 53.8 Å². The van der Waals surface area contributed by atoms with Crippen LogP contribution in [0.15, 0.2) is 28.7 Å². The van der Waals surface area contributed by atoms with Crippen LogP contribution >= 0.6 is 11.6 Å². The summed E-state index contributed by atoms with van der Waals surface area (Å²) in [6, 6.07) is 5.58. The van der Waals surface area contributed by atoms with Gasteiger partial charge < -0.3 is 9.32 Å². The Balaban J connectivity index is 1.67. The Kier molecular flexibility index (Phi) is 7.51. The maximum absolute atomic E-state index is 12.9. The molecule has 0 saturated heterocycles. The van der Waals surface area contributed by atoms with E-state index in [2.05, 4.69) is 25.6 Å². The third-order valence-corrected chi connectivity index (χ3v) is 4.87. The minimum atomic E-state index is -0.0627. The standard InChI is InChI=1S/C21H26ClN7O2/c1-14(2)28(11-5-6-20-25-24-16(4)31-20)21(30)10-8-17-7-9-19(22)12-18(17)13-29-26-15(3)23-27-29/h7-10,12,14H,5-6,11,13H2,1-4H3. The lowest BCUT2D eigenvalue weighted by Crippen LogP contribution is -2.36. The van der Waals surface area contributed by atoms with Crippen molar-refractivity contribution >= 4 is 23.6 Å². The summed E-state index contributed by atoms with van der Waals surface area (Å²) in [5, 5.41) is 20.5. The molecule has 0 spiro atoms. The summed E-state index contributed by atoms with van der Waals surface area (Å²) >= 11 is 6.17. The summed E-state index contributed by atoms with van der Waals surface area (Å²) in [5.41, 5.74) is 1.77. The highest BCUT2D eigenvalue weighted by Gasteiger charge is 2.15. The maximum Gasteiger partial charge on any atom is 0.246 e. The molecule has 0 atom stereocenters. The lowest BCUT2D eigenvalue weighted by molar-refractivity contribution is -0.127. The van der Waals surface area contributed by atoms with Crippen molar-refractivity contribution in [2.24, 2.45) is 0 Å². The zero-order valence-electron chi connectivity index (χ0n) is 18.1. The molecule has 10 heteroatoms. The van der Waals surface area contributed by atoms with E-state index in [0.29, 0.717) is 42.1 Å². The van der Waals surface area contributed by atoms with Gasteiger partial charge >= 0.3 is 0 Å². The molecule has 2 heterocycles. The molecule has 0 radical (unpaired) electrons. The number of carbonyl (C=O) groups is 1. The topological polar surface area (TPSA) is 103 Å². The van der Waals surface area contributed by atoms with Gasteiger partial charge in [0.25, 0.3) is 0 Å². The molecule has 3 rings (SSSR count). The molecule has 0 saturated carbocycles. The molecular formula is C21H26ClN7O2. The van der Waals surface area contributed by atoms with Crippen LogP contribution in [-0.2, 0) is 17.8 Å². The van der Waals surface area contributed by atoms with E-state index >= 15 is 0 Å². The average molecular weight is 444 g/mol.